The standard InChI is InChI=1S/C24H49N3O8/c1-10-15(3)14-27(8)24(32-11-2)25-35-21(20(28)17(5)22(29)31-9)23(30)34-19-13-18(26(6)7)12-16(4)33-19/h15-21,23-25,28,30H,10-14H2,1-9H3/t15-,16?,17?,18?,19?,20+,21-,23+,24?/m0/s1. The van der Waals surface area contributed by atoms with Crippen LogP contribution >= 0.6 is 0 Å². The summed E-state index contributed by atoms with van der Waals surface area (Å²) in [6.45, 7) is 10.7. The lowest BCUT2D eigenvalue weighted by Gasteiger charge is -2.39. The second kappa shape index (κ2) is 16.1. The summed E-state index contributed by atoms with van der Waals surface area (Å²) in [5, 5.41) is 21.9. The van der Waals surface area contributed by atoms with Crippen molar-refractivity contribution in [2.24, 2.45) is 11.8 Å². The van der Waals surface area contributed by atoms with Crippen molar-refractivity contribution in [3.05, 3.63) is 0 Å². The minimum atomic E-state index is -1.59. The van der Waals surface area contributed by atoms with Gasteiger partial charge in [0.25, 0.3) is 0 Å². The van der Waals surface area contributed by atoms with E-state index in [0.717, 1.165) is 19.4 Å². The van der Waals surface area contributed by atoms with E-state index in [4.69, 9.17) is 23.8 Å². The first-order valence-electron chi connectivity index (χ1n) is 12.6. The largest absolute Gasteiger partial charge is 0.469 e. The van der Waals surface area contributed by atoms with Crippen LogP contribution in [0.2, 0.25) is 0 Å². The zero-order chi connectivity index (χ0) is 26.7. The minimum Gasteiger partial charge on any atom is -0.469 e. The average molecular weight is 508 g/mol. The smallest absolute Gasteiger partial charge is 0.311 e. The third-order valence-corrected chi connectivity index (χ3v) is 6.50. The van der Waals surface area contributed by atoms with Crippen molar-refractivity contribution in [1.29, 1.82) is 0 Å². The number of hydrogen-bond donors (Lipinski definition) is 3. The number of carbonyl (C=O) groups excluding carboxylic acids is 1. The molecular formula is C24H49N3O8. The molecule has 0 saturated carbocycles. The number of rotatable bonds is 16. The molecule has 3 N–H and O–H groups in total. The van der Waals surface area contributed by atoms with Crippen LogP contribution in [0, 0.1) is 11.8 Å². The van der Waals surface area contributed by atoms with E-state index in [2.05, 4.69) is 24.2 Å². The Kier molecular flexibility index (Phi) is 14.7. The van der Waals surface area contributed by atoms with Crippen LogP contribution in [0.25, 0.3) is 0 Å². The van der Waals surface area contributed by atoms with E-state index in [1.54, 1.807) is 0 Å². The van der Waals surface area contributed by atoms with Gasteiger partial charge in [0.05, 0.1) is 19.1 Å². The number of carbonyl (C=O) groups is 1. The molecule has 0 aromatic rings. The average Bonchev–Trinajstić information content (AvgIpc) is 2.81. The Bertz CT molecular complexity index is 599. The highest BCUT2D eigenvalue weighted by Gasteiger charge is 2.40. The molecule has 1 saturated heterocycles. The summed E-state index contributed by atoms with van der Waals surface area (Å²) in [4.78, 5) is 21.9. The Morgan fingerprint density at radius 1 is 1.17 bits per heavy atom. The van der Waals surface area contributed by atoms with Gasteiger partial charge in [-0.05, 0) is 54.3 Å². The van der Waals surface area contributed by atoms with Gasteiger partial charge >= 0.3 is 5.97 Å². The number of aliphatic hydroxyl groups excluding tert-OH is 2. The van der Waals surface area contributed by atoms with Crippen LogP contribution in [0.4, 0.5) is 0 Å². The van der Waals surface area contributed by atoms with E-state index in [9.17, 15) is 15.0 Å². The molecule has 5 unspecified atom stereocenters. The maximum absolute atomic E-state index is 12.1. The van der Waals surface area contributed by atoms with Crippen molar-refractivity contribution in [2.75, 3.05) is 41.4 Å². The van der Waals surface area contributed by atoms with Gasteiger partial charge in [-0.2, -0.15) is 5.48 Å². The van der Waals surface area contributed by atoms with Crippen molar-refractivity contribution in [3.63, 3.8) is 0 Å². The number of nitrogens with one attached hydrogen (secondary N) is 1. The molecule has 1 heterocycles. The molecule has 11 nitrogen and oxygen atoms in total. The summed E-state index contributed by atoms with van der Waals surface area (Å²) >= 11 is 0. The van der Waals surface area contributed by atoms with Crippen molar-refractivity contribution in [1.82, 2.24) is 15.3 Å². The molecule has 0 aromatic heterocycles. The normalized spacial score (nSPS) is 26.3. The van der Waals surface area contributed by atoms with Gasteiger partial charge < -0.3 is 34.1 Å². The quantitative estimate of drug-likeness (QED) is 0.158. The van der Waals surface area contributed by atoms with E-state index < -0.39 is 43.0 Å². The van der Waals surface area contributed by atoms with Crippen LogP contribution in [-0.4, -0.2) is 111 Å². The van der Waals surface area contributed by atoms with E-state index >= 15 is 0 Å². The first-order valence-corrected chi connectivity index (χ1v) is 12.6. The van der Waals surface area contributed by atoms with Crippen LogP contribution in [0.3, 0.4) is 0 Å². The van der Waals surface area contributed by atoms with Gasteiger partial charge in [-0.1, -0.05) is 20.3 Å². The number of nitrogens with zero attached hydrogens (tertiary/aromatic N) is 2. The van der Waals surface area contributed by atoms with Crippen molar-refractivity contribution >= 4 is 5.97 Å². The van der Waals surface area contributed by atoms with E-state index in [1.165, 1.54) is 14.0 Å². The second-order valence-electron chi connectivity index (χ2n) is 9.76. The Morgan fingerprint density at radius 2 is 1.83 bits per heavy atom. The molecule has 1 fully saturated rings. The molecule has 1 aliphatic rings. The maximum Gasteiger partial charge on any atom is 0.311 e. The van der Waals surface area contributed by atoms with E-state index in [-0.39, 0.29) is 12.1 Å². The van der Waals surface area contributed by atoms with Gasteiger partial charge in [0.2, 0.25) is 0 Å². The lowest BCUT2D eigenvalue weighted by molar-refractivity contribution is -0.313. The molecule has 0 radical (unpaired) electrons. The molecule has 0 amide bonds. The van der Waals surface area contributed by atoms with Crippen LogP contribution in [0.5, 0.6) is 0 Å². The summed E-state index contributed by atoms with van der Waals surface area (Å²) < 4.78 is 22.2. The molecule has 1 rings (SSSR count). The van der Waals surface area contributed by atoms with Gasteiger partial charge in [-0.15, -0.1) is 0 Å². The Morgan fingerprint density at radius 3 is 2.37 bits per heavy atom. The first kappa shape index (κ1) is 32.1. The van der Waals surface area contributed by atoms with E-state index in [0.29, 0.717) is 18.9 Å². The topological polar surface area (TPSA) is 122 Å². The molecule has 0 spiro atoms. The number of methoxy groups -OCH3 is 1. The highest BCUT2D eigenvalue weighted by Crippen LogP contribution is 2.26. The summed E-state index contributed by atoms with van der Waals surface area (Å²) in [6, 6.07) is 0.212. The molecular weight excluding hydrogens is 458 g/mol. The molecule has 0 aliphatic carbocycles. The van der Waals surface area contributed by atoms with Crippen molar-refractivity contribution < 1.29 is 38.8 Å². The third-order valence-electron chi connectivity index (χ3n) is 6.50. The predicted molar refractivity (Wildman–Crippen MR) is 131 cm³/mol. The molecule has 11 heteroatoms. The van der Waals surface area contributed by atoms with Crippen LogP contribution < -0.4 is 5.48 Å². The zero-order valence-electron chi connectivity index (χ0n) is 23.0. The van der Waals surface area contributed by atoms with Gasteiger partial charge in [-0.3, -0.25) is 14.5 Å². The summed E-state index contributed by atoms with van der Waals surface area (Å²) in [5.74, 6) is -1.19. The van der Waals surface area contributed by atoms with E-state index in [1.807, 2.05) is 39.9 Å². The fraction of sp³-hybridized carbons (Fsp3) is 0.958. The molecule has 0 bridgehead atoms. The monoisotopic (exact) mass is 507 g/mol. The van der Waals surface area contributed by atoms with Crippen molar-refractivity contribution in [3.8, 4) is 0 Å². The van der Waals surface area contributed by atoms with Gasteiger partial charge in [0.15, 0.2) is 25.0 Å². The van der Waals surface area contributed by atoms with Gasteiger partial charge in [0, 0.05) is 25.6 Å². The molecule has 208 valence electrons. The fourth-order valence-electron chi connectivity index (χ4n) is 3.98. The van der Waals surface area contributed by atoms with Crippen LogP contribution in [-0.2, 0) is 28.6 Å². The summed E-state index contributed by atoms with van der Waals surface area (Å²) in [7, 11) is 7.09. The summed E-state index contributed by atoms with van der Waals surface area (Å²) in [6.07, 6.45) is -3.40. The SMILES string of the molecule is CCOC(NO[C@H]([C@H](O)OC1CC(N(C)C)CC(C)O1)[C@H](O)C(C)C(=O)OC)N(C)C[C@@H](C)CC. The lowest BCUT2D eigenvalue weighted by Crippen LogP contribution is -2.55. The summed E-state index contributed by atoms with van der Waals surface area (Å²) in [5.41, 5.74) is 2.80. The second-order valence-corrected chi connectivity index (χ2v) is 9.76. The fourth-order valence-corrected chi connectivity index (χ4v) is 3.98. The Labute approximate surface area is 210 Å². The molecule has 9 atom stereocenters. The van der Waals surface area contributed by atoms with Crippen molar-refractivity contribution in [2.45, 2.75) is 97.2 Å². The number of esters is 1. The number of hydroxylamine groups is 1. The van der Waals surface area contributed by atoms with Crippen LogP contribution in [0.15, 0.2) is 0 Å². The number of hydrogen-bond acceptors (Lipinski definition) is 11. The molecule has 0 aromatic carbocycles. The minimum absolute atomic E-state index is 0.0682. The molecule has 35 heavy (non-hydrogen) atoms. The zero-order valence-corrected chi connectivity index (χ0v) is 23.0. The first-order chi connectivity index (χ1) is 16.4. The van der Waals surface area contributed by atoms with Gasteiger partial charge in [-0.25, -0.2) is 0 Å². The number of aliphatic hydroxyl groups is 2. The lowest BCUT2D eigenvalue weighted by atomic mass is 9.99. The Balaban J connectivity index is 2.99. The Hall–Kier alpha value is -0.890. The highest BCUT2D eigenvalue weighted by molar-refractivity contribution is 5.72. The molecule has 1 aliphatic heterocycles. The maximum atomic E-state index is 12.1. The highest BCUT2D eigenvalue weighted by atomic mass is 16.8. The number of ether oxygens (including phenoxy) is 4. The van der Waals surface area contributed by atoms with Gasteiger partial charge in [0.1, 0.15) is 6.10 Å². The third kappa shape index (κ3) is 10.6. The predicted octanol–water partition coefficient (Wildman–Crippen LogP) is 1.13. The van der Waals surface area contributed by atoms with Crippen LogP contribution in [0.1, 0.15) is 53.9 Å².